The minimum Gasteiger partial charge on any atom is -0.444 e. The monoisotopic (exact) mass is 557 g/mol. The van der Waals surface area contributed by atoms with Crippen LogP contribution in [0.3, 0.4) is 0 Å². The molecule has 3 rings (SSSR count). The van der Waals surface area contributed by atoms with Crippen LogP contribution in [0.2, 0.25) is 0 Å². The van der Waals surface area contributed by atoms with Crippen molar-refractivity contribution in [2.45, 2.75) is 66.5 Å². The van der Waals surface area contributed by atoms with Crippen molar-refractivity contribution in [3.8, 4) is 0 Å². The maximum absolute atomic E-state index is 5.74. The Hall–Kier alpha value is -1.62. The molecule has 1 saturated heterocycles. The van der Waals surface area contributed by atoms with Crippen LogP contribution in [0.4, 0.5) is 0 Å². The normalized spacial score (nSPS) is 16.7. The van der Waals surface area contributed by atoms with Crippen molar-refractivity contribution in [2.24, 2.45) is 18.0 Å². The van der Waals surface area contributed by atoms with E-state index in [2.05, 4.69) is 51.4 Å². The highest BCUT2D eigenvalue weighted by molar-refractivity contribution is 14.0. The van der Waals surface area contributed by atoms with Crippen LogP contribution < -0.4 is 10.6 Å². The summed E-state index contributed by atoms with van der Waals surface area (Å²) >= 11 is 0. The highest BCUT2D eigenvalue weighted by Crippen LogP contribution is 2.19. The fourth-order valence-corrected chi connectivity index (χ4v) is 4.29. The van der Waals surface area contributed by atoms with E-state index in [-0.39, 0.29) is 30.0 Å². The fraction of sp³-hybridized carbons (Fsp3) is 0.696. The van der Waals surface area contributed by atoms with Crippen LogP contribution >= 0.6 is 24.0 Å². The van der Waals surface area contributed by atoms with Gasteiger partial charge in [0.1, 0.15) is 5.76 Å². The number of oxazole rings is 1. The van der Waals surface area contributed by atoms with Gasteiger partial charge in [-0.3, -0.25) is 14.6 Å². The van der Waals surface area contributed by atoms with E-state index in [1.54, 1.807) is 0 Å². The lowest BCUT2D eigenvalue weighted by molar-refractivity contribution is 0.164. The smallest absolute Gasteiger partial charge is 0.208 e. The van der Waals surface area contributed by atoms with E-state index in [9.17, 15) is 0 Å². The number of likely N-dealkylation sites (tertiary alicyclic amines) is 1. The molecular weight excluding hydrogens is 517 g/mol. The highest BCUT2D eigenvalue weighted by Gasteiger charge is 2.21. The topological polar surface area (TPSA) is 83.5 Å². The lowest BCUT2D eigenvalue weighted by Crippen LogP contribution is -2.46. The van der Waals surface area contributed by atoms with E-state index in [0.717, 1.165) is 61.6 Å². The molecule has 0 bridgehead atoms. The lowest BCUT2D eigenvalue weighted by Gasteiger charge is -2.31. The molecule has 0 radical (unpaired) electrons. The number of piperidine rings is 1. The summed E-state index contributed by atoms with van der Waals surface area (Å²) in [6.45, 7) is 14.3. The van der Waals surface area contributed by atoms with Gasteiger partial charge in [-0.2, -0.15) is 5.10 Å². The van der Waals surface area contributed by atoms with Crippen LogP contribution in [-0.2, 0) is 20.0 Å². The SMILES string of the molecule is CN=C(NCC1CCN(Cc2nc(C)c(C)o2)CC1)NC(C)Cc1c(C)nn(C)c1C.I. The van der Waals surface area contributed by atoms with Crippen molar-refractivity contribution in [2.75, 3.05) is 26.7 Å². The molecule has 1 aliphatic rings. The van der Waals surface area contributed by atoms with E-state index < -0.39 is 0 Å². The summed E-state index contributed by atoms with van der Waals surface area (Å²) in [5.41, 5.74) is 4.66. The molecule has 180 valence electrons. The molecule has 9 heteroatoms. The Labute approximate surface area is 209 Å². The minimum absolute atomic E-state index is 0. The van der Waals surface area contributed by atoms with Crippen LogP contribution in [0.15, 0.2) is 9.41 Å². The summed E-state index contributed by atoms with van der Waals surface area (Å²) in [6.07, 6.45) is 3.28. The molecule has 8 nitrogen and oxygen atoms in total. The van der Waals surface area contributed by atoms with Crippen molar-refractivity contribution < 1.29 is 4.42 Å². The van der Waals surface area contributed by atoms with Gasteiger partial charge in [-0.15, -0.1) is 24.0 Å². The number of hydrogen-bond donors (Lipinski definition) is 2. The molecule has 0 amide bonds. The molecule has 2 aromatic heterocycles. The third kappa shape index (κ3) is 6.94. The van der Waals surface area contributed by atoms with E-state index in [1.165, 1.54) is 24.1 Å². The average molecular weight is 558 g/mol. The predicted molar refractivity (Wildman–Crippen MR) is 140 cm³/mol. The second-order valence-corrected chi connectivity index (χ2v) is 8.94. The summed E-state index contributed by atoms with van der Waals surface area (Å²) in [4.78, 5) is 11.4. The maximum atomic E-state index is 5.74. The van der Waals surface area contributed by atoms with Gasteiger partial charge in [0, 0.05) is 32.4 Å². The molecule has 2 aromatic rings. The molecule has 0 spiro atoms. The molecule has 0 saturated carbocycles. The number of aromatic nitrogens is 3. The summed E-state index contributed by atoms with van der Waals surface area (Å²) in [5.74, 6) is 3.29. The van der Waals surface area contributed by atoms with Crippen molar-refractivity contribution in [1.29, 1.82) is 0 Å². The Morgan fingerprint density at radius 1 is 1.19 bits per heavy atom. The van der Waals surface area contributed by atoms with Gasteiger partial charge in [-0.25, -0.2) is 4.98 Å². The third-order valence-corrected chi connectivity index (χ3v) is 6.47. The van der Waals surface area contributed by atoms with Crippen LogP contribution in [0.25, 0.3) is 0 Å². The van der Waals surface area contributed by atoms with Gasteiger partial charge in [0.2, 0.25) is 5.89 Å². The van der Waals surface area contributed by atoms with Gasteiger partial charge in [0.15, 0.2) is 5.96 Å². The van der Waals surface area contributed by atoms with Crippen molar-refractivity contribution in [3.63, 3.8) is 0 Å². The maximum Gasteiger partial charge on any atom is 0.208 e. The predicted octanol–water partition coefficient (Wildman–Crippen LogP) is 3.27. The van der Waals surface area contributed by atoms with E-state index >= 15 is 0 Å². The van der Waals surface area contributed by atoms with Gasteiger partial charge in [-0.1, -0.05) is 0 Å². The quantitative estimate of drug-likeness (QED) is 0.309. The summed E-state index contributed by atoms with van der Waals surface area (Å²) < 4.78 is 7.70. The number of nitrogens with zero attached hydrogens (tertiary/aromatic N) is 5. The molecule has 1 aliphatic heterocycles. The highest BCUT2D eigenvalue weighted by atomic mass is 127. The average Bonchev–Trinajstić information content (AvgIpc) is 3.17. The number of aliphatic imine (C=N–C) groups is 1. The molecule has 1 fully saturated rings. The number of guanidine groups is 1. The van der Waals surface area contributed by atoms with Crippen LogP contribution in [0.1, 0.15) is 54.1 Å². The Kier molecular flexibility index (Phi) is 10.00. The first-order valence-electron chi connectivity index (χ1n) is 11.4. The number of nitrogens with one attached hydrogen (secondary N) is 2. The van der Waals surface area contributed by atoms with E-state index in [0.29, 0.717) is 5.92 Å². The van der Waals surface area contributed by atoms with Crippen LogP contribution in [-0.4, -0.2) is 58.3 Å². The zero-order valence-corrected chi connectivity index (χ0v) is 23.0. The standard InChI is InChI=1S/C23H39N7O.HI/c1-15(12-21-17(3)28-29(7)18(21)4)26-23(24-6)25-13-20-8-10-30(11-9-20)14-22-27-16(2)19(5)31-22;/h15,20H,8-14H2,1-7H3,(H2,24,25,26);1H. The van der Waals surface area contributed by atoms with E-state index in [1.807, 2.05) is 32.6 Å². The van der Waals surface area contributed by atoms with Crippen molar-refractivity contribution in [1.82, 2.24) is 30.3 Å². The first-order valence-corrected chi connectivity index (χ1v) is 11.4. The van der Waals surface area contributed by atoms with Crippen molar-refractivity contribution in [3.05, 3.63) is 34.3 Å². The van der Waals surface area contributed by atoms with Gasteiger partial charge in [0.05, 0.1) is 17.9 Å². The summed E-state index contributed by atoms with van der Waals surface area (Å²) in [7, 11) is 3.84. The number of rotatable bonds is 7. The van der Waals surface area contributed by atoms with Crippen LogP contribution in [0, 0.1) is 33.6 Å². The zero-order chi connectivity index (χ0) is 22.5. The third-order valence-electron chi connectivity index (χ3n) is 6.47. The zero-order valence-electron chi connectivity index (χ0n) is 20.7. The Morgan fingerprint density at radius 2 is 1.88 bits per heavy atom. The number of halogens is 1. The Bertz CT molecular complexity index is 877. The Morgan fingerprint density at radius 3 is 2.41 bits per heavy atom. The first-order chi connectivity index (χ1) is 14.8. The van der Waals surface area contributed by atoms with Crippen molar-refractivity contribution >= 4 is 29.9 Å². The second kappa shape index (κ2) is 12.0. The van der Waals surface area contributed by atoms with Gasteiger partial charge >= 0.3 is 0 Å². The number of hydrogen-bond acceptors (Lipinski definition) is 5. The molecule has 1 atom stereocenters. The van der Waals surface area contributed by atoms with Gasteiger partial charge in [-0.05, 0) is 78.5 Å². The molecule has 3 heterocycles. The minimum atomic E-state index is 0. The first kappa shape index (κ1) is 26.6. The molecule has 0 aromatic carbocycles. The Balaban J connectivity index is 0.00000363. The molecule has 1 unspecified atom stereocenters. The summed E-state index contributed by atoms with van der Waals surface area (Å²) in [6, 6.07) is 0.280. The van der Waals surface area contributed by atoms with Crippen LogP contribution in [0.5, 0.6) is 0 Å². The van der Waals surface area contributed by atoms with Gasteiger partial charge < -0.3 is 15.1 Å². The lowest BCUT2D eigenvalue weighted by atomic mass is 9.97. The number of aryl methyl sites for hydroxylation is 4. The summed E-state index contributed by atoms with van der Waals surface area (Å²) in [5, 5.41) is 11.6. The molecular formula is C23H40IN7O. The second-order valence-electron chi connectivity index (χ2n) is 8.94. The van der Waals surface area contributed by atoms with E-state index in [4.69, 9.17) is 4.42 Å². The fourth-order valence-electron chi connectivity index (χ4n) is 4.29. The molecule has 0 aliphatic carbocycles. The van der Waals surface area contributed by atoms with Gasteiger partial charge in [0.25, 0.3) is 0 Å². The molecule has 32 heavy (non-hydrogen) atoms. The largest absolute Gasteiger partial charge is 0.444 e. The molecule has 2 N–H and O–H groups in total.